The van der Waals surface area contributed by atoms with Gasteiger partial charge in [0, 0.05) is 12.8 Å². The Kier molecular flexibility index (Phi) is 36.5. The summed E-state index contributed by atoms with van der Waals surface area (Å²) < 4.78 is 34.3. The molecule has 0 bridgehead atoms. The van der Waals surface area contributed by atoms with E-state index in [-0.39, 0.29) is 32.0 Å². The minimum atomic E-state index is -4.38. The van der Waals surface area contributed by atoms with E-state index in [4.69, 9.17) is 18.5 Å². The van der Waals surface area contributed by atoms with Crippen molar-refractivity contribution in [1.29, 1.82) is 0 Å². The number of ether oxygens (including phenoxy) is 2. The Balaban J connectivity index is 4.36. The number of hydrogen-bond donors (Lipinski definition) is 1. The molecule has 320 valence electrons. The number of esters is 2. The first-order valence-corrected chi connectivity index (χ1v) is 23.9. The van der Waals surface area contributed by atoms with Gasteiger partial charge in [0.1, 0.15) is 19.8 Å². The fourth-order valence-electron chi connectivity index (χ4n) is 6.27. The van der Waals surface area contributed by atoms with Gasteiger partial charge in [-0.1, -0.05) is 180 Å². The second-order valence-electron chi connectivity index (χ2n) is 16.4. The van der Waals surface area contributed by atoms with Crippen LogP contribution in [0.25, 0.3) is 0 Å². The SMILES string of the molecule is CCCCCCCCCCCCC/C=C\CCC(=O)OC(COC(=O)CCCCCCCCCCCCCCCCC)COP(=O)(O)OCC[N+](C)(C)C. The van der Waals surface area contributed by atoms with Gasteiger partial charge in [0.05, 0.1) is 27.7 Å². The second kappa shape index (κ2) is 37.3. The zero-order valence-electron chi connectivity index (χ0n) is 36.0. The van der Waals surface area contributed by atoms with E-state index in [1.807, 2.05) is 27.2 Å². The molecule has 0 aromatic carbocycles. The standard InChI is InChI=1S/C44H86NO8P/c1-6-8-10-12-14-16-18-20-22-24-26-28-30-32-34-36-43(46)50-40-42(41-52-54(48,49)51-39-38-45(3,4)5)53-44(47)37-35-33-31-29-27-25-23-21-19-17-15-13-11-9-7-2/h31,33,42H,6-30,32,34-41H2,1-5H3/p+1/b33-31-. The van der Waals surface area contributed by atoms with Crippen LogP contribution in [0, 0.1) is 0 Å². The van der Waals surface area contributed by atoms with Crippen molar-refractivity contribution in [3.05, 3.63) is 12.2 Å². The molecule has 9 nitrogen and oxygen atoms in total. The monoisotopic (exact) mass is 789 g/mol. The van der Waals surface area contributed by atoms with Crippen LogP contribution in [-0.4, -0.2) is 74.9 Å². The van der Waals surface area contributed by atoms with E-state index in [0.29, 0.717) is 17.4 Å². The molecule has 0 saturated heterocycles. The predicted octanol–water partition coefficient (Wildman–Crippen LogP) is 12.6. The van der Waals surface area contributed by atoms with Crippen molar-refractivity contribution in [1.82, 2.24) is 0 Å². The minimum Gasteiger partial charge on any atom is -0.462 e. The van der Waals surface area contributed by atoms with Gasteiger partial charge in [0.25, 0.3) is 0 Å². The van der Waals surface area contributed by atoms with Crippen LogP contribution in [0.4, 0.5) is 0 Å². The summed E-state index contributed by atoms with van der Waals surface area (Å²) in [5, 5.41) is 0. The van der Waals surface area contributed by atoms with Crippen molar-refractivity contribution < 1.29 is 42.1 Å². The summed E-state index contributed by atoms with van der Waals surface area (Å²) in [5.41, 5.74) is 0. The number of carbonyl (C=O) groups is 2. The largest absolute Gasteiger partial charge is 0.472 e. The first kappa shape index (κ1) is 52.8. The third-order valence-electron chi connectivity index (χ3n) is 9.81. The molecule has 0 spiro atoms. The molecule has 1 N–H and O–H groups in total. The van der Waals surface area contributed by atoms with Gasteiger partial charge in [0.2, 0.25) is 0 Å². The van der Waals surface area contributed by atoms with E-state index >= 15 is 0 Å². The summed E-state index contributed by atoms with van der Waals surface area (Å²) in [6, 6.07) is 0. The van der Waals surface area contributed by atoms with Gasteiger partial charge in [-0.2, -0.15) is 0 Å². The molecular formula is C44H87NO8P+. The Morgan fingerprint density at radius 3 is 1.44 bits per heavy atom. The van der Waals surface area contributed by atoms with Gasteiger partial charge in [0.15, 0.2) is 6.10 Å². The van der Waals surface area contributed by atoms with Gasteiger partial charge < -0.3 is 18.9 Å². The molecule has 54 heavy (non-hydrogen) atoms. The maximum absolute atomic E-state index is 12.7. The number of carbonyl (C=O) groups excluding carboxylic acids is 2. The van der Waals surface area contributed by atoms with E-state index in [1.165, 1.54) is 141 Å². The van der Waals surface area contributed by atoms with Gasteiger partial charge >= 0.3 is 19.8 Å². The molecule has 10 heteroatoms. The van der Waals surface area contributed by atoms with Gasteiger partial charge in [-0.25, -0.2) is 4.57 Å². The van der Waals surface area contributed by atoms with Crippen molar-refractivity contribution >= 4 is 19.8 Å². The molecule has 0 fully saturated rings. The van der Waals surface area contributed by atoms with Crippen molar-refractivity contribution in [3.63, 3.8) is 0 Å². The van der Waals surface area contributed by atoms with Gasteiger partial charge in [-0.3, -0.25) is 18.6 Å². The predicted molar refractivity (Wildman–Crippen MR) is 224 cm³/mol. The Bertz CT molecular complexity index is 938. The van der Waals surface area contributed by atoms with Crippen LogP contribution in [0.15, 0.2) is 12.2 Å². The van der Waals surface area contributed by atoms with E-state index in [9.17, 15) is 19.0 Å². The Morgan fingerprint density at radius 1 is 0.556 bits per heavy atom. The Morgan fingerprint density at radius 2 is 0.981 bits per heavy atom. The smallest absolute Gasteiger partial charge is 0.462 e. The van der Waals surface area contributed by atoms with Crippen molar-refractivity contribution in [2.24, 2.45) is 0 Å². The molecular weight excluding hydrogens is 701 g/mol. The van der Waals surface area contributed by atoms with Crippen molar-refractivity contribution in [3.8, 4) is 0 Å². The maximum atomic E-state index is 12.7. The molecule has 2 unspecified atom stereocenters. The molecule has 0 heterocycles. The summed E-state index contributed by atoms with van der Waals surface area (Å²) in [7, 11) is 1.47. The Labute approximate surface area is 333 Å². The third-order valence-corrected chi connectivity index (χ3v) is 10.8. The summed E-state index contributed by atoms with van der Waals surface area (Å²) in [4.78, 5) is 35.3. The molecule has 0 aliphatic rings. The number of likely N-dealkylation sites (N-methyl/N-ethyl adjacent to an activating group) is 1. The summed E-state index contributed by atoms with van der Waals surface area (Å²) in [5.74, 6) is -0.845. The quantitative estimate of drug-likeness (QED) is 0.0214. The molecule has 0 saturated carbocycles. The summed E-state index contributed by atoms with van der Waals surface area (Å²) in [6.45, 7) is 4.41. The van der Waals surface area contributed by atoms with Crippen LogP contribution < -0.4 is 0 Å². The van der Waals surface area contributed by atoms with Crippen LogP contribution in [0.5, 0.6) is 0 Å². The van der Waals surface area contributed by atoms with Crippen LogP contribution in [0.3, 0.4) is 0 Å². The van der Waals surface area contributed by atoms with E-state index in [2.05, 4.69) is 19.9 Å². The number of quaternary nitrogens is 1. The first-order chi connectivity index (χ1) is 26.0. The van der Waals surface area contributed by atoms with Crippen LogP contribution in [0.1, 0.15) is 206 Å². The topological polar surface area (TPSA) is 108 Å². The highest BCUT2D eigenvalue weighted by atomic mass is 31.2. The summed E-state index contributed by atoms with van der Waals surface area (Å²) >= 11 is 0. The maximum Gasteiger partial charge on any atom is 0.472 e. The van der Waals surface area contributed by atoms with Crippen LogP contribution in [-0.2, 0) is 32.7 Å². The lowest BCUT2D eigenvalue weighted by atomic mass is 10.0. The highest BCUT2D eigenvalue weighted by Crippen LogP contribution is 2.43. The lowest BCUT2D eigenvalue weighted by Crippen LogP contribution is -2.37. The highest BCUT2D eigenvalue weighted by molar-refractivity contribution is 7.47. The molecule has 0 radical (unpaired) electrons. The number of nitrogens with zero attached hydrogens (tertiary/aromatic N) is 1. The molecule has 0 aliphatic heterocycles. The molecule has 0 amide bonds. The first-order valence-electron chi connectivity index (χ1n) is 22.4. The summed E-state index contributed by atoms with van der Waals surface area (Å²) in [6.07, 6.45) is 38.4. The number of phosphoric ester groups is 1. The Hall–Kier alpha value is -1.25. The lowest BCUT2D eigenvalue weighted by molar-refractivity contribution is -0.870. The number of unbranched alkanes of at least 4 members (excludes halogenated alkanes) is 25. The fourth-order valence-corrected chi connectivity index (χ4v) is 7.01. The lowest BCUT2D eigenvalue weighted by Gasteiger charge is -2.24. The average molecular weight is 789 g/mol. The van der Waals surface area contributed by atoms with Crippen molar-refractivity contribution in [2.45, 2.75) is 213 Å². The molecule has 0 rings (SSSR count). The molecule has 0 aliphatic carbocycles. The second-order valence-corrected chi connectivity index (χ2v) is 17.9. The third kappa shape index (κ3) is 40.4. The van der Waals surface area contributed by atoms with E-state index in [1.54, 1.807) is 0 Å². The van der Waals surface area contributed by atoms with Crippen molar-refractivity contribution in [2.75, 3.05) is 47.5 Å². The van der Waals surface area contributed by atoms with E-state index < -0.39 is 26.5 Å². The van der Waals surface area contributed by atoms with E-state index in [0.717, 1.165) is 32.1 Å². The number of hydrogen-bond acceptors (Lipinski definition) is 7. The zero-order chi connectivity index (χ0) is 40.0. The number of rotatable bonds is 41. The highest BCUT2D eigenvalue weighted by Gasteiger charge is 2.27. The average Bonchev–Trinajstić information content (AvgIpc) is 3.12. The molecule has 2 atom stereocenters. The minimum absolute atomic E-state index is 0.0293. The van der Waals surface area contributed by atoms with Crippen LogP contribution in [0.2, 0.25) is 0 Å². The number of allylic oxidation sites excluding steroid dienone is 2. The fraction of sp³-hybridized carbons (Fsp3) is 0.909. The molecule has 0 aromatic heterocycles. The van der Waals surface area contributed by atoms with Gasteiger partial charge in [-0.15, -0.1) is 0 Å². The van der Waals surface area contributed by atoms with Crippen LogP contribution >= 0.6 is 7.82 Å². The molecule has 0 aromatic rings. The zero-order valence-corrected chi connectivity index (χ0v) is 36.9. The van der Waals surface area contributed by atoms with Gasteiger partial charge in [-0.05, 0) is 25.7 Å². The number of phosphoric acid groups is 1. The normalized spacial score (nSPS) is 13.7.